The summed E-state index contributed by atoms with van der Waals surface area (Å²) in [6.45, 7) is 2.42. The summed E-state index contributed by atoms with van der Waals surface area (Å²) in [4.78, 5) is 24.2. The van der Waals surface area contributed by atoms with Crippen LogP contribution < -0.4 is 0 Å². The van der Waals surface area contributed by atoms with Gasteiger partial charge in [-0.15, -0.1) is 0 Å². The van der Waals surface area contributed by atoms with Gasteiger partial charge in [0.05, 0.1) is 17.1 Å². The van der Waals surface area contributed by atoms with E-state index in [1.807, 2.05) is 6.92 Å². The van der Waals surface area contributed by atoms with Crippen molar-refractivity contribution < 1.29 is 19.6 Å². The van der Waals surface area contributed by atoms with Crippen molar-refractivity contribution in [3.05, 3.63) is 33.9 Å². The van der Waals surface area contributed by atoms with Gasteiger partial charge >= 0.3 is 0 Å². The van der Waals surface area contributed by atoms with E-state index in [4.69, 9.17) is 4.74 Å². The lowest BCUT2D eigenvalue weighted by Crippen LogP contribution is -2.41. The molecule has 0 bridgehead atoms. The number of carbonyl (C=O) groups excluding carboxylic acids is 1. The Hall–Kier alpha value is -2.15. The molecule has 20 heavy (non-hydrogen) atoms. The third kappa shape index (κ3) is 2.57. The minimum atomic E-state index is -0.630. The second-order valence-electron chi connectivity index (χ2n) is 4.81. The molecule has 2 unspecified atom stereocenters. The highest BCUT2D eigenvalue weighted by atomic mass is 16.6. The summed E-state index contributed by atoms with van der Waals surface area (Å²) in [6, 6.07) is 3.32. The number of aromatic hydroxyl groups is 1. The van der Waals surface area contributed by atoms with Crippen LogP contribution in [0.3, 0.4) is 0 Å². The highest BCUT2D eigenvalue weighted by Crippen LogP contribution is 2.27. The number of likely N-dealkylation sites (N-methyl/N-ethyl adjacent to an activating group) is 1. The molecular weight excluding hydrogens is 264 g/mol. The van der Waals surface area contributed by atoms with E-state index >= 15 is 0 Å². The van der Waals surface area contributed by atoms with Crippen LogP contribution in [0, 0.1) is 10.1 Å². The van der Waals surface area contributed by atoms with Crippen molar-refractivity contribution in [2.45, 2.75) is 25.5 Å². The average molecular weight is 280 g/mol. The second kappa shape index (κ2) is 5.46. The summed E-state index contributed by atoms with van der Waals surface area (Å²) in [5, 5.41) is 20.4. The number of benzene rings is 1. The van der Waals surface area contributed by atoms with Gasteiger partial charge in [-0.3, -0.25) is 14.9 Å². The van der Waals surface area contributed by atoms with Crippen molar-refractivity contribution in [3.63, 3.8) is 0 Å². The highest BCUT2D eigenvalue weighted by molar-refractivity contribution is 5.98. The number of hydrogen-bond acceptors (Lipinski definition) is 5. The number of nitro groups is 1. The topological polar surface area (TPSA) is 92.9 Å². The van der Waals surface area contributed by atoms with Gasteiger partial charge in [0.15, 0.2) is 0 Å². The van der Waals surface area contributed by atoms with E-state index in [0.717, 1.165) is 12.1 Å². The highest BCUT2D eigenvalue weighted by Gasteiger charge is 2.33. The van der Waals surface area contributed by atoms with E-state index < -0.39 is 10.8 Å². The Morgan fingerprint density at radius 2 is 2.25 bits per heavy atom. The lowest BCUT2D eigenvalue weighted by Gasteiger charge is -2.26. The van der Waals surface area contributed by atoms with E-state index in [0.29, 0.717) is 13.0 Å². The number of hydrogen-bond donors (Lipinski definition) is 1. The quantitative estimate of drug-likeness (QED) is 0.669. The monoisotopic (exact) mass is 280 g/mol. The van der Waals surface area contributed by atoms with Crippen LogP contribution in [0.4, 0.5) is 5.69 Å². The Labute approximate surface area is 115 Å². The van der Waals surface area contributed by atoms with Gasteiger partial charge in [0.1, 0.15) is 11.3 Å². The first kappa shape index (κ1) is 14.3. The van der Waals surface area contributed by atoms with Crippen molar-refractivity contribution in [1.29, 1.82) is 0 Å². The second-order valence-corrected chi connectivity index (χ2v) is 4.81. The Balaban J connectivity index is 2.33. The number of amides is 1. The standard InChI is InChI=1S/C13H16N2O5/c1-8-11(5-6-20-8)14(2)13(17)10-7-9(16)3-4-12(10)15(18)19/h3-4,7-8,11,16H,5-6H2,1-2H3. The average Bonchev–Trinajstić information content (AvgIpc) is 2.82. The Bertz CT molecular complexity index is 546. The van der Waals surface area contributed by atoms with Gasteiger partial charge in [-0.05, 0) is 25.5 Å². The van der Waals surface area contributed by atoms with Crippen LogP contribution in [-0.2, 0) is 4.74 Å². The molecule has 1 aromatic rings. The van der Waals surface area contributed by atoms with Crippen LogP contribution in [-0.4, -0.2) is 46.6 Å². The van der Waals surface area contributed by atoms with Crippen molar-refractivity contribution in [2.75, 3.05) is 13.7 Å². The van der Waals surface area contributed by atoms with Gasteiger partial charge in [-0.1, -0.05) is 0 Å². The van der Waals surface area contributed by atoms with Crippen LogP contribution >= 0.6 is 0 Å². The third-order valence-electron chi connectivity index (χ3n) is 3.56. The molecular formula is C13H16N2O5. The molecule has 7 nitrogen and oxygen atoms in total. The van der Waals surface area contributed by atoms with Crippen molar-refractivity contribution in [3.8, 4) is 5.75 Å². The molecule has 0 saturated carbocycles. The molecule has 0 aromatic heterocycles. The Morgan fingerprint density at radius 1 is 1.55 bits per heavy atom. The molecule has 1 aliphatic heterocycles. The Morgan fingerprint density at radius 3 is 2.80 bits per heavy atom. The normalized spacial score (nSPS) is 21.7. The minimum absolute atomic E-state index is 0.111. The van der Waals surface area contributed by atoms with Crippen molar-refractivity contribution in [1.82, 2.24) is 4.90 Å². The fourth-order valence-corrected chi connectivity index (χ4v) is 2.42. The van der Waals surface area contributed by atoms with Crippen LogP contribution in [0.15, 0.2) is 18.2 Å². The molecule has 1 aromatic carbocycles. The van der Waals surface area contributed by atoms with Crippen LogP contribution in [0.25, 0.3) is 0 Å². The third-order valence-corrected chi connectivity index (χ3v) is 3.56. The number of rotatable bonds is 3. The van der Waals surface area contributed by atoms with Gasteiger partial charge < -0.3 is 14.7 Å². The van der Waals surface area contributed by atoms with Crippen molar-refractivity contribution in [2.24, 2.45) is 0 Å². The molecule has 1 fully saturated rings. The van der Waals surface area contributed by atoms with Gasteiger partial charge in [-0.2, -0.15) is 0 Å². The maximum absolute atomic E-state index is 12.4. The number of nitrogens with zero attached hydrogens (tertiary/aromatic N) is 2. The lowest BCUT2D eigenvalue weighted by molar-refractivity contribution is -0.385. The first-order chi connectivity index (χ1) is 9.41. The summed E-state index contributed by atoms with van der Waals surface area (Å²) in [6.07, 6.45) is 0.580. The molecule has 1 saturated heterocycles. The molecule has 1 N–H and O–H groups in total. The minimum Gasteiger partial charge on any atom is -0.508 e. The van der Waals surface area contributed by atoms with E-state index in [2.05, 4.69) is 0 Å². The number of ether oxygens (including phenoxy) is 1. The zero-order chi connectivity index (χ0) is 14.9. The van der Waals surface area contributed by atoms with Crippen molar-refractivity contribution >= 4 is 11.6 Å². The van der Waals surface area contributed by atoms with Crippen LogP contribution in [0.2, 0.25) is 0 Å². The largest absolute Gasteiger partial charge is 0.508 e. The molecule has 1 aliphatic rings. The molecule has 0 aliphatic carbocycles. The lowest BCUT2D eigenvalue weighted by atomic mass is 10.1. The maximum Gasteiger partial charge on any atom is 0.282 e. The maximum atomic E-state index is 12.4. The number of carbonyl (C=O) groups is 1. The zero-order valence-electron chi connectivity index (χ0n) is 11.3. The first-order valence-electron chi connectivity index (χ1n) is 6.28. The van der Waals surface area contributed by atoms with E-state index in [1.165, 1.54) is 11.0 Å². The molecule has 108 valence electrons. The zero-order valence-corrected chi connectivity index (χ0v) is 11.3. The fourth-order valence-electron chi connectivity index (χ4n) is 2.42. The number of phenols is 1. The SMILES string of the molecule is CC1OCCC1N(C)C(=O)c1cc(O)ccc1[N+](=O)[O-]. The van der Waals surface area contributed by atoms with E-state index in [-0.39, 0.29) is 29.1 Å². The molecule has 2 atom stereocenters. The van der Waals surface area contributed by atoms with Gasteiger partial charge in [0.25, 0.3) is 11.6 Å². The molecule has 2 rings (SSSR count). The summed E-state index contributed by atoms with van der Waals surface area (Å²) < 4.78 is 5.40. The summed E-state index contributed by atoms with van der Waals surface area (Å²) in [7, 11) is 1.59. The molecule has 7 heteroatoms. The fraction of sp³-hybridized carbons (Fsp3) is 0.462. The number of nitro benzene ring substituents is 1. The van der Waals surface area contributed by atoms with Gasteiger partial charge in [0, 0.05) is 19.7 Å². The van der Waals surface area contributed by atoms with E-state index in [1.54, 1.807) is 7.05 Å². The summed E-state index contributed by atoms with van der Waals surface area (Å²) in [5.74, 6) is -0.668. The predicted molar refractivity (Wildman–Crippen MR) is 70.7 cm³/mol. The molecule has 0 spiro atoms. The summed E-state index contributed by atoms with van der Waals surface area (Å²) >= 11 is 0. The Kier molecular flexibility index (Phi) is 3.89. The van der Waals surface area contributed by atoms with Crippen LogP contribution in [0.1, 0.15) is 23.7 Å². The molecule has 1 heterocycles. The van der Waals surface area contributed by atoms with Crippen LogP contribution in [0.5, 0.6) is 5.75 Å². The first-order valence-corrected chi connectivity index (χ1v) is 6.28. The van der Waals surface area contributed by atoms with E-state index in [9.17, 15) is 20.0 Å². The van der Waals surface area contributed by atoms with Gasteiger partial charge in [0.2, 0.25) is 0 Å². The van der Waals surface area contributed by atoms with Gasteiger partial charge in [-0.25, -0.2) is 0 Å². The number of phenolic OH excluding ortho intramolecular Hbond substituents is 1. The molecule has 0 radical (unpaired) electrons. The summed E-state index contributed by atoms with van der Waals surface area (Å²) in [5.41, 5.74) is -0.428. The predicted octanol–water partition coefficient (Wildman–Crippen LogP) is 1.55. The smallest absolute Gasteiger partial charge is 0.282 e. The molecule has 1 amide bonds.